The number of hydrogen-bond acceptors (Lipinski definition) is 5. The number of hydrogen-bond donors (Lipinski definition) is 0. The highest BCUT2D eigenvalue weighted by molar-refractivity contribution is 7.16. The number of aromatic nitrogens is 2. The van der Waals surface area contributed by atoms with Gasteiger partial charge in [-0.25, -0.2) is 4.98 Å². The molecule has 0 unspecified atom stereocenters. The average molecular weight is 304 g/mol. The molecule has 0 aliphatic carbocycles. The fourth-order valence-electron chi connectivity index (χ4n) is 2.15. The Bertz CT molecular complexity index is 858. The molecule has 3 heterocycles. The molecule has 0 aliphatic heterocycles. The largest absolute Gasteiger partial charge is 0.292 e. The van der Waals surface area contributed by atoms with Gasteiger partial charge in [0, 0.05) is 15.3 Å². The quantitative estimate of drug-likeness (QED) is 0.699. The summed E-state index contributed by atoms with van der Waals surface area (Å²) >= 11 is 3.02. The number of carbonyl (C=O) groups is 1. The van der Waals surface area contributed by atoms with E-state index in [1.54, 1.807) is 17.4 Å². The SMILES string of the molecule is Cc1cc(C(=O)Cn2cnc3sccc3c2=O)c(C)s1. The summed E-state index contributed by atoms with van der Waals surface area (Å²) in [6, 6.07) is 3.63. The van der Waals surface area contributed by atoms with Crippen molar-refractivity contribution >= 4 is 38.7 Å². The molecular weight excluding hydrogens is 292 g/mol. The Morgan fingerprint density at radius 3 is 2.90 bits per heavy atom. The molecule has 3 aromatic heterocycles. The van der Waals surface area contributed by atoms with Crippen molar-refractivity contribution < 1.29 is 4.79 Å². The van der Waals surface area contributed by atoms with Gasteiger partial charge in [-0.05, 0) is 31.4 Å². The first kappa shape index (κ1) is 13.2. The maximum absolute atomic E-state index is 12.3. The van der Waals surface area contributed by atoms with Crippen molar-refractivity contribution in [2.45, 2.75) is 20.4 Å². The summed E-state index contributed by atoms with van der Waals surface area (Å²) in [6.45, 7) is 3.93. The summed E-state index contributed by atoms with van der Waals surface area (Å²) < 4.78 is 1.38. The molecule has 0 saturated carbocycles. The second kappa shape index (κ2) is 4.96. The van der Waals surface area contributed by atoms with Gasteiger partial charge in [-0.3, -0.25) is 14.2 Å². The average Bonchev–Trinajstić information content (AvgIpc) is 2.99. The zero-order valence-corrected chi connectivity index (χ0v) is 12.7. The Morgan fingerprint density at radius 1 is 1.40 bits per heavy atom. The van der Waals surface area contributed by atoms with E-state index in [2.05, 4.69) is 4.98 Å². The van der Waals surface area contributed by atoms with Crippen molar-refractivity contribution in [2.75, 3.05) is 0 Å². The predicted octanol–water partition coefficient (Wildman–Crippen LogP) is 3.02. The third-order valence-electron chi connectivity index (χ3n) is 3.11. The minimum Gasteiger partial charge on any atom is -0.292 e. The standard InChI is InChI=1S/C14H12N2O2S2/c1-8-5-11(9(2)20-8)12(17)6-16-7-15-13-10(14(16)18)3-4-19-13/h3-5,7H,6H2,1-2H3. The lowest BCUT2D eigenvalue weighted by Gasteiger charge is -2.04. The monoisotopic (exact) mass is 304 g/mol. The van der Waals surface area contributed by atoms with Gasteiger partial charge in [0.25, 0.3) is 5.56 Å². The molecule has 3 aromatic rings. The second-order valence-corrected chi connectivity index (χ2v) is 6.92. The molecule has 20 heavy (non-hydrogen) atoms. The molecule has 6 heteroatoms. The summed E-state index contributed by atoms with van der Waals surface area (Å²) in [7, 11) is 0. The van der Waals surface area contributed by atoms with Crippen LogP contribution in [0.3, 0.4) is 0 Å². The molecule has 0 N–H and O–H groups in total. The van der Waals surface area contributed by atoms with Crippen LogP contribution in [0.4, 0.5) is 0 Å². The molecule has 0 aromatic carbocycles. The number of thiophene rings is 2. The fraction of sp³-hybridized carbons (Fsp3) is 0.214. The molecule has 0 atom stereocenters. The van der Waals surface area contributed by atoms with Crippen LogP contribution in [0.5, 0.6) is 0 Å². The van der Waals surface area contributed by atoms with Crippen molar-refractivity contribution in [2.24, 2.45) is 0 Å². The van der Waals surface area contributed by atoms with Gasteiger partial charge in [-0.15, -0.1) is 22.7 Å². The van der Waals surface area contributed by atoms with Crippen molar-refractivity contribution in [3.8, 4) is 0 Å². The number of rotatable bonds is 3. The van der Waals surface area contributed by atoms with Gasteiger partial charge in [-0.1, -0.05) is 0 Å². The minimum atomic E-state index is -0.158. The number of ketones is 1. The van der Waals surface area contributed by atoms with Crippen molar-refractivity contribution in [1.82, 2.24) is 9.55 Å². The highest BCUT2D eigenvalue weighted by atomic mass is 32.1. The topological polar surface area (TPSA) is 52.0 Å². The highest BCUT2D eigenvalue weighted by Gasteiger charge is 2.14. The minimum absolute atomic E-state index is 0.0363. The van der Waals surface area contributed by atoms with Gasteiger partial charge in [0.1, 0.15) is 4.83 Å². The number of fused-ring (bicyclic) bond motifs is 1. The third kappa shape index (κ3) is 2.21. The van der Waals surface area contributed by atoms with Gasteiger partial charge in [0.2, 0.25) is 0 Å². The van der Waals surface area contributed by atoms with Crippen LogP contribution in [0.1, 0.15) is 20.1 Å². The van der Waals surface area contributed by atoms with Crippen molar-refractivity contribution in [1.29, 1.82) is 0 Å². The van der Waals surface area contributed by atoms with Gasteiger partial charge in [0.15, 0.2) is 5.78 Å². The van der Waals surface area contributed by atoms with Crippen LogP contribution in [-0.4, -0.2) is 15.3 Å². The Balaban J connectivity index is 1.97. The first-order valence-corrected chi connectivity index (χ1v) is 7.79. The number of Topliss-reactive ketones (excluding diaryl/α,β-unsaturated/α-hetero) is 1. The maximum Gasteiger partial charge on any atom is 0.262 e. The van der Waals surface area contributed by atoms with Gasteiger partial charge in [-0.2, -0.15) is 0 Å². The molecule has 0 aliphatic rings. The number of carbonyl (C=O) groups excluding carboxylic acids is 1. The zero-order chi connectivity index (χ0) is 14.3. The van der Waals surface area contributed by atoms with E-state index < -0.39 is 0 Å². The fourth-order valence-corrected chi connectivity index (χ4v) is 3.82. The Hall–Kier alpha value is -1.79. The summed E-state index contributed by atoms with van der Waals surface area (Å²) in [5.41, 5.74) is 0.541. The molecule has 0 saturated heterocycles. The van der Waals surface area contributed by atoms with Crippen LogP contribution >= 0.6 is 22.7 Å². The van der Waals surface area contributed by atoms with Crippen molar-refractivity contribution in [3.63, 3.8) is 0 Å². The van der Waals surface area contributed by atoms with Crippen LogP contribution in [0, 0.1) is 13.8 Å². The lowest BCUT2D eigenvalue weighted by atomic mass is 10.1. The molecular formula is C14H12N2O2S2. The molecule has 0 bridgehead atoms. The Labute approximate surface area is 123 Å². The summed E-state index contributed by atoms with van der Waals surface area (Å²) in [5.74, 6) is -0.0506. The van der Waals surface area contributed by atoms with Crippen LogP contribution < -0.4 is 5.56 Å². The Morgan fingerprint density at radius 2 is 2.20 bits per heavy atom. The van der Waals surface area contributed by atoms with E-state index in [-0.39, 0.29) is 17.9 Å². The van der Waals surface area contributed by atoms with E-state index in [9.17, 15) is 9.59 Å². The van der Waals surface area contributed by atoms with Crippen LogP contribution in [0.25, 0.3) is 10.2 Å². The molecule has 102 valence electrons. The van der Waals surface area contributed by atoms with E-state index in [0.29, 0.717) is 15.8 Å². The predicted molar refractivity (Wildman–Crippen MR) is 82.0 cm³/mol. The maximum atomic E-state index is 12.3. The van der Waals surface area contributed by atoms with Crippen LogP contribution in [0.2, 0.25) is 0 Å². The van der Waals surface area contributed by atoms with Crippen LogP contribution in [-0.2, 0) is 6.54 Å². The highest BCUT2D eigenvalue weighted by Crippen LogP contribution is 2.21. The summed E-state index contributed by atoms with van der Waals surface area (Å²) in [4.78, 5) is 31.5. The molecule has 4 nitrogen and oxygen atoms in total. The van der Waals surface area contributed by atoms with E-state index in [1.165, 1.54) is 22.2 Å². The smallest absolute Gasteiger partial charge is 0.262 e. The first-order valence-electron chi connectivity index (χ1n) is 6.09. The lowest BCUT2D eigenvalue weighted by Crippen LogP contribution is -2.24. The van der Waals surface area contributed by atoms with Gasteiger partial charge >= 0.3 is 0 Å². The van der Waals surface area contributed by atoms with E-state index in [0.717, 1.165) is 9.75 Å². The first-order chi connectivity index (χ1) is 9.56. The molecule has 0 spiro atoms. The molecule has 0 radical (unpaired) electrons. The second-order valence-electron chi connectivity index (χ2n) is 4.57. The van der Waals surface area contributed by atoms with Gasteiger partial charge < -0.3 is 0 Å². The molecule has 0 fully saturated rings. The Kier molecular flexibility index (Phi) is 3.27. The zero-order valence-electron chi connectivity index (χ0n) is 11.0. The molecule has 3 rings (SSSR count). The van der Waals surface area contributed by atoms with Crippen LogP contribution in [0.15, 0.2) is 28.6 Å². The van der Waals surface area contributed by atoms with Crippen molar-refractivity contribution in [3.05, 3.63) is 49.5 Å². The van der Waals surface area contributed by atoms with E-state index >= 15 is 0 Å². The number of aryl methyl sites for hydroxylation is 2. The summed E-state index contributed by atoms with van der Waals surface area (Å²) in [6.07, 6.45) is 1.45. The number of nitrogens with zero attached hydrogens (tertiary/aromatic N) is 2. The third-order valence-corrected chi connectivity index (χ3v) is 4.89. The molecule has 0 amide bonds. The van der Waals surface area contributed by atoms with Gasteiger partial charge in [0.05, 0.1) is 18.3 Å². The lowest BCUT2D eigenvalue weighted by molar-refractivity contribution is 0.0970. The van der Waals surface area contributed by atoms with E-state index in [4.69, 9.17) is 0 Å². The summed E-state index contributed by atoms with van der Waals surface area (Å²) in [5, 5.41) is 2.40. The van der Waals surface area contributed by atoms with E-state index in [1.807, 2.05) is 25.3 Å². The normalized spacial score (nSPS) is 11.1.